The number of ether oxygens (including phenoxy) is 1. The molecular weight excluding hydrogens is 250 g/mol. The van der Waals surface area contributed by atoms with E-state index in [1.165, 1.54) is 6.20 Å². The third-order valence-corrected chi connectivity index (χ3v) is 3.12. The molecule has 0 bridgehead atoms. The van der Waals surface area contributed by atoms with E-state index in [9.17, 15) is 4.79 Å². The zero-order chi connectivity index (χ0) is 13.1. The van der Waals surface area contributed by atoms with Gasteiger partial charge in [-0.25, -0.2) is 4.98 Å². The highest BCUT2D eigenvalue weighted by Crippen LogP contribution is 2.28. The number of hydrogen-bond acceptors (Lipinski definition) is 3. The van der Waals surface area contributed by atoms with Crippen molar-refractivity contribution in [3.8, 4) is 11.6 Å². The molecule has 0 atom stereocenters. The summed E-state index contributed by atoms with van der Waals surface area (Å²) in [6.07, 6.45) is 2.21. The first-order chi connectivity index (χ1) is 8.60. The van der Waals surface area contributed by atoms with E-state index in [2.05, 4.69) is 4.98 Å². The molecule has 0 spiro atoms. The highest BCUT2D eigenvalue weighted by molar-refractivity contribution is 6.32. The molecule has 18 heavy (non-hydrogen) atoms. The van der Waals surface area contributed by atoms with Gasteiger partial charge in [-0.05, 0) is 43.2 Å². The molecule has 0 fully saturated rings. The van der Waals surface area contributed by atoms with Gasteiger partial charge in [0.2, 0.25) is 5.88 Å². The number of aldehydes is 1. The minimum atomic E-state index is 0.446. The fourth-order valence-electron chi connectivity index (χ4n) is 1.61. The molecular formula is C14H12ClNO2. The van der Waals surface area contributed by atoms with Crippen LogP contribution < -0.4 is 4.74 Å². The van der Waals surface area contributed by atoms with Gasteiger partial charge in [0.1, 0.15) is 5.75 Å². The Bertz CT molecular complexity index is 556. The van der Waals surface area contributed by atoms with E-state index in [4.69, 9.17) is 16.3 Å². The van der Waals surface area contributed by atoms with E-state index in [1.807, 2.05) is 26.0 Å². The Labute approximate surface area is 110 Å². The molecule has 0 saturated carbocycles. The number of hydrogen-bond donors (Lipinski definition) is 0. The summed E-state index contributed by atoms with van der Waals surface area (Å²) in [5.74, 6) is 1.13. The molecule has 1 heterocycles. The second-order valence-corrected chi connectivity index (χ2v) is 4.40. The maximum Gasteiger partial charge on any atom is 0.219 e. The van der Waals surface area contributed by atoms with Crippen LogP contribution >= 0.6 is 11.6 Å². The Morgan fingerprint density at radius 2 is 1.89 bits per heavy atom. The minimum absolute atomic E-state index is 0.446. The van der Waals surface area contributed by atoms with E-state index in [0.717, 1.165) is 22.4 Å². The van der Waals surface area contributed by atoms with Crippen LogP contribution in [-0.4, -0.2) is 11.3 Å². The van der Waals surface area contributed by atoms with Crippen molar-refractivity contribution in [2.45, 2.75) is 13.8 Å². The second-order valence-electron chi connectivity index (χ2n) is 4.02. The number of pyridine rings is 1. The molecule has 0 aliphatic heterocycles. The van der Waals surface area contributed by atoms with Gasteiger partial charge in [-0.1, -0.05) is 11.6 Å². The van der Waals surface area contributed by atoms with Crippen LogP contribution in [0, 0.1) is 13.8 Å². The summed E-state index contributed by atoms with van der Waals surface area (Å²) in [6.45, 7) is 3.84. The van der Waals surface area contributed by atoms with Gasteiger partial charge in [-0.3, -0.25) is 4.79 Å². The molecule has 1 aromatic heterocycles. The fourth-order valence-corrected chi connectivity index (χ4v) is 1.72. The van der Waals surface area contributed by atoms with Crippen LogP contribution in [0.3, 0.4) is 0 Å². The molecule has 0 radical (unpaired) electrons. The van der Waals surface area contributed by atoms with Crippen molar-refractivity contribution in [1.29, 1.82) is 0 Å². The number of carbonyl (C=O) groups excluding carboxylic acids is 1. The lowest BCUT2D eigenvalue weighted by molar-refractivity contribution is 0.112. The van der Waals surface area contributed by atoms with Crippen LogP contribution in [0.4, 0.5) is 0 Å². The van der Waals surface area contributed by atoms with E-state index < -0.39 is 0 Å². The molecule has 4 heteroatoms. The lowest BCUT2D eigenvalue weighted by atomic mass is 10.1. The number of nitrogens with zero attached hydrogens (tertiary/aromatic N) is 1. The van der Waals surface area contributed by atoms with E-state index in [-0.39, 0.29) is 0 Å². The predicted molar refractivity (Wildman–Crippen MR) is 70.6 cm³/mol. The third-order valence-electron chi connectivity index (χ3n) is 2.53. The molecule has 0 aliphatic carbocycles. The predicted octanol–water partition coefficient (Wildman–Crippen LogP) is 3.96. The van der Waals surface area contributed by atoms with Gasteiger partial charge in [-0.2, -0.15) is 0 Å². The molecule has 92 valence electrons. The lowest BCUT2D eigenvalue weighted by Gasteiger charge is -2.08. The normalized spacial score (nSPS) is 10.2. The van der Waals surface area contributed by atoms with Crippen LogP contribution in [0.25, 0.3) is 0 Å². The molecule has 0 N–H and O–H groups in total. The summed E-state index contributed by atoms with van der Waals surface area (Å²) in [7, 11) is 0. The minimum Gasteiger partial charge on any atom is -0.439 e. The summed E-state index contributed by atoms with van der Waals surface area (Å²) in [5.41, 5.74) is 2.43. The van der Waals surface area contributed by atoms with Crippen molar-refractivity contribution in [3.63, 3.8) is 0 Å². The van der Waals surface area contributed by atoms with E-state index >= 15 is 0 Å². The van der Waals surface area contributed by atoms with Crippen LogP contribution in [0.5, 0.6) is 11.6 Å². The second kappa shape index (κ2) is 5.19. The highest BCUT2D eigenvalue weighted by Gasteiger charge is 2.05. The molecule has 1 aromatic carbocycles. The maximum atomic E-state index is 10.5. The first kappa shape index (κ1) is 12.6. The fraction of sp³-hybridized carbons (Fsp3) is 0.143. The summed E-state index contributed by atoms with van der Waals surface area (Å²) in [6, 6.07) is 7.02. The molecule has 3 nitrogen and oxygen atoms in total. The van der Waals surface area contributed by atoms with Crippen LogP contribution in [0.2, 0.25) is 5.02 Å². The van der Waals surface area contributed by atoms with Crippen LogP contribution in [0.15, 0.2) is 30.5 Å². The van der Waals surface area contributed by atoms with Gasteiger partial charge in [0.15, 0.2) is 6.29 Å². The number of carbonyl (C=O) groups is 1. The first-order valence-corrected chi connectivity index (χ1v) is 5.84. The third kappa shape index (κ3) is 2.68. The molecule has 2 rings (SSSR count). The Balaban J connectivity index is 2.25. The summed E-state index contributed by atoms with van der Waals surface area (Å²) < 4.78 is 5.61. The lowest BCUT2D eigenvalue weighted by Crippen LogP contribution is -1.91. The molecule has 0 saturated heterocycles. The maximum absolute atomic E-state index is 10.5. The van der Waals surface area contributed by atoms with E-state index in [0.29, 0.717) is 17.2 Å². The zero-order valence-corrected chi connectivity index (χ0v) is 10.9. The molecule has 0 unspecified atom stereocenters. The monoisotopic (exact) mass is 261 g/mol. The Morgan fingerprint density at radius 1 is 1.22 bits per heavy atom. The smallest absolute Gasteiger partial charge is 0.219 e. The summed E-state index contributed by atoms with van der Waals surface area (Å²) in [5, 5.41) is 0.742. The van der Waals surface area contributed by atoms with Crippen LogP contribution in [-0.2, 0) is 0 Å². The average Bonchev–Trinajstić information content (AvgIpc) is 2.37. The standard InChI is InChI=1S/C14H12ClNO2/c1-9-5-12(6-10(2)14(9)15)18-13-4-3-11(8-17)7-16-13/h3-8H,1-2H3. The van der Waals surface area contributed by atoms with Gasteiger partial charge >= 0.3 is 0 Å². The Hall–Kier alpha value is -1.87. The Morgan fingerprint density at radius 3 is 2.39 bits per heavy atom. The Kier molecular flexibility index (Phi) is 3.63. The number of aryl methyl sites for hydroxylation is 2. The van der Waals surface area contributed by atoms with Gasteiger partial charge in [0.05, 0.1) is 0 Å². The average molecular weight is 262 g/mol. The van der Waals surface area contributed by atoms with Crippen molar-refractivity contribution < 1.29 is 9.53 Å². The quantitative estimate of drug-likeness (QED) is 0.785. The zero-order valence-electron chi connectivity index (χ0n) is 10.1. The summed E-state index contributed by atoms with van der Waals surface area (Å²) >= 11 is 6.08. The van der Waals surface area contributed by atoms with Crippen molar-refractivity contribution >= 4 is 17.9 Å². The number of benzene rings is 1. The number of halogens is 1. The number of rotatable bonds is 3. The van der Waals surface area contributed by atoms with Crippen molar-refractivity contribution in [3.05, 3.63) is 52.2 Å². The first-order valence-electron chi connectivity index (χ1n) is 5.46. The molecule has 2 aromatic rings. The van der Waals surface area contributed by atoms with Crippen molar-refractivity contribution in [2.24, 2.45) is 0 Å². The van der Waals surface area contributed by atoms with Crippen LogP contribution in [0.1, 0.15) is 21.5 Å². The van der Waals surface area contributed by atoms with Gasteiger partial charge < -0.3 is 4.74 Å². The largest absolute Gasteiger partial charge is 0.439 e. The highest BCUT2D eigenvalue weighted by atomic mass is 35.5. The van der Waals surface area contributed by atoms with Crippen molar-refractivity contribution in [1.82, 2.24) is 4.98 Å². The van der Waals surface area contributed by atoms with Gasteiger partial charge in [0, 0.05) is 22.8 Å². The van der Waals surface area contributed by atoms with Crippen molar-refractivity contribution in [2.75, 3.05) is 0 Å². The molecule has 0 aliphatic rings. The van der Waals surface area contributed by atoms with Gasteiger partial charge in [0.25, 0.3) is 0 Å². The molecule has 0 amide bonds. The summed E-state index contributed by atoms with van der Waals surface area (Å²) in [4.78, 5) is 14.5. The van der Waals surface area contributed by atoms with E-state index in [1.54, 1.807) is 12.1 Å². The number of aromatic nitrogens is 1. The van der Waals surface area contributed by atoms with Gasteiger partial charge in [-0.15, -0.1) is 0 Å². The topological polar surface area (TPSA) is 39.2 Å². The SMILES string of the molecule is Cc1cc(Oc2ccc(C=O)cn2)cc(C)c1Cl.